The van der Waals surface area contributed by atoms with E-state index in [9.17, 15) is 4.79 Å². The molecule has 1 atom stereocenters. The van der Waals surface area contributed by atoms with E-state index in [0.29, 0.717) is 24.6 Å². The lowest BCUT2D eigenvalue weighted by atomic mass is 10.0. The second-order valence-corrected chi connectivity index (χ2v) is 8.09. The SMILES string of the molecule is [B]OC1Cc2ccc(-c3cnc(N)c(C(=O)Nc4cnccc4N4CCOCC4)n3)cc2C1. The smallest absolute Gasteiger partial charge is 0.283 e. The Labute approximate surface area is 192 Å². The van der Waals surface area contributed by atoms with Crippen molar-refractivity contribution in [3.8, 4) is 11.3 Å². The molecular weight excluding hydrogens is 419 g/mol. The summed E-state index contributed by atoms with van der Waals surface area (Å²) in [5, 5.41) is 2.90. The first-order valence-electron chi connectivity index (χ1n) is 10.8. The van der Waals surface area contributed by atoms with Crippen LogP contribution < -0.4 is 16.0 Å². The minimum absolute atomic E-state index is 0.0192. The van der Waals surface area contributed by atoms with Crippen molar-refractivity contribution in [1.82, 2.24) is 15.0 Å². The Kier molecular flexibility index (Phi) is 5.93. The number of carbonyl (C=O) groups excluding carboxylic acids is 1. The average Bonchev–Trinajstić information content (AvgIpc) is 3.28. The molecule has 3 aromatic rings. The van der Waals surface area contributed by atoms with Crippen LogP contribution >= 0.6 is 0 Å². The first kappa shape index (κ1) is 21.4. The molecule has 1 fully saturated rings. The number of nitrogens with zero attached hydrogens (tertiary/aromatic N) is 4. The van der Waals surface area contributed by atoms with Gasteiger partial charge in [-0.2, -0.15) is 0 Å². The van der Waals surface area contributed by atoms with E-state index >= 15 is 0 Å². The maximum absolute atomic E-state index is 13.1. The molecule has 1 aliphatic carbocycles. The molecule has 9 nitrogen and oxygen atoms in total. The normalized spacial score (nSPS) is 17.6. The van der Waals surface area contributed by atoms with Gasteiger partial charge < -0.3 is 25.3 Å². The van der Waals surface area contributed by atoms with E-state index in [2.05, 4.69) is 25.2 Å². The van der Waals surface area contributed by atoms with Crippen molar-refractivity contribution in [2.75, 3.05) is 42.3 Å². The van der Waals surface area contributed by atoms with Crippen LogP contribution in [0.25, 0.3) is 11.3 Å². The van der Waals surface area contributed by atoms with E-state index in [1.165, 1.54) is 5.56 Å². The third kappa shape index (κ3) is 4.39. The summed E-state index contributed by atoms with van der Waals surface area (Å²) in [6.45, 7) is 2.74. The molecule has 0 saturated carbocycles. The van der Waals surface area contributed by atoms with E-state index in [-0.39, 0.29) is 17.6 Å². The molecular formula is C23H23BN6O3. The minimum atomic E-state index is -0.442. The summed E-state index contributed by atoms with van der Waals surface area (Å²) < 4.78 is 10.4. The fraction of sp³-hybridized carbons (Fsp3) is 0.304. The Morgan fingerprint density at radius 1 is 1.18 bits per heavy atom. The molecule has 3 heterocycles. The van der Waals surface area contributed by atoms with Crippen molar-refractivity contribution in [2.24, 2.45) is 0 Å². The molecule has 1 amide bonds. The number of morpholine rings is 1. The van der Waals surface area contributed by atoms with Gasteiger partial charge in [-0.3, -0.25) is 9.78 Å². The topological polar surface area (TPSA) is 115 Å². The van der Waals surface area contributed by atoms with Crippen LogP contribution in [0.4, 0.5) is 17.2 Å². The number of anilines is 3. The van der Waals surface area contributed by atoms with E-state index in [1.807, 2.05) is 24.3 Å². The van der Waals surface area contributed by atoms with Crippen molar-refractivity contribution >= 4 is 31.1 Å². The lowest BCUT2D eigenvalue weighted by molar-refractivity contribution is 0.102. The number of nitrogen functional groups attached to an aromatic ring is 1. The van der Waals surface area contributed by atoms with Gasteiger partial charge in [0.05, 0.1) is 42.7 Å². The van der Waals surface area contributed by atoms with Gasteiger partial charge in [0.1, 0.15) is 0 Å². The van der Waals surface area contributed by atoms with Gasteiger partial charge in [0.25, 0.3) is 14.0 Å². The van der Waals surface area contributed by atoms with Crippen LogP contribution in [-0.4, -0.2) is 61.3 Å². The molecule has 2 aromatic heterocycles. The summed E-state index contributed by atoms with van der Waals surface area (Å²) in [4.78, 5) is 28.2. The summed E-state index contributed by atoms with van der Waals surface area (Å²) >= 11 is 0. The predicted octanol–water partition coefficient (Wildman–Crippen LogP) is 1.78. The molecule has 0 bridgehead atoms. The molecule has 0 spiro atoms. The van der Waals surface area contributed by atoms with Crippen molar-refractivity contribution in [3.63, 3.8) is 0 Å². The van der Waals surface area contributed by atoms with E-state index in [0.717, 1.165) is 42.7 Å². The monoisotopic (exact) mass is 442 g/mol. The number of pyridine rings is 1. The number of ether oxygens (including phenoxy) is 1. The summed E-state index contributed by atoms with van der Waals surface area (Å²) in [5.74, 6) is -0.382. The third-order valence-electron chi connectivity index (χ3n) is 6.00. The highest BCUT2D eigenvalue weighted by Gasteiger charge is 2.23. The lowest BCUT2D eigenvalue weighted by Crippen LogP contribution is -2.36. The maximum atomic E-state index is 13.1. The minimum Gasteiger partial charge on any atom is -0.444 e. The van der Waals surface area contributed by atoms with Crippen molar-refractivity contribution in [3.05, 3.63) is 59.7 Å². The molecule has 1 aliphatic heterocycles. The van der Waals surface area contributed by atoms with E-state index in [1.54, 1.807) is 18.6 Å². The zero-order chi connectivity index (χ0) is 22.8. The molecule has 2 radical (unpaired) electrons. The number of benzene rings is 1. The summed E-state index contributed by atoms with van der Waals surface area (Å²) in [5.41, 5.74) is 11.3. The number of aromatic nitrogens is 3. The zero-order valence-electron chi connectivity index (χ0n) is 18.0. The second kappa shape index (κ2) is 9.17. The van der Waals surface area contributed by atoms with Crippen molar-refractivity contribution in [2.45, 2.75) is 18.9 Å². The number of rotatable bonds is 5. The molecule has 1 aromatic carbocycles. The van der Waals surface area contributed by atoms with Crippen LogP contribution in [0.2, 0.25) is 0 Å². The Morgan fingerprint density at radius 3 is 2.82 bits per heavy atom. The van der Waals surface area contributed by atoms with Crippen LogP contribution in [-0.2, 0) is 22.2 Å². The van der Waals surface area contributed by atoms with Crippen molar-refractivity contribution < 1.29 is 14.2 Å². The summed E-state index contributed by atoms with van der Waals surface area (Å²) in [6, 6.07) is 7.89. The van der Waals surface area contributed by atoms with Gasteiger partial charge >= 0.3 is 0 Å². The molecule has 2 aliphatic rings. The van der Waals surface area contributed by atoms with Gasteiger partial charge in [0.15, 0.2) is 11.5 Å². The average molecular weight is 442 g/mol. The van der Waals surface area contributed by atoms with Crippen LogP contribution in [0, 0.1) is 0 Å². The number of nitrogens with one attached hydrogen (secondary N) is 1. The van der Waals surface area contributed by atoms with Crippen molar-refractivity contribution in [1.29, 1.82) is 0 Å². The summed E-state index contributed by atoms with van der Waals surface area (Å²) in [6.07, 6.45) is 6.39. The Bertz CT molecular complexity index is 1180. The standard InChI is InChI=1S/C23H23BN6O3/c24-33-17-10-14-1-2-15(9-16(14)11-17)18-13-27-22(25)21(28-18)23(31)29-19-12-26-4-3-20(19)30-5-7-32-8-6-30/h1-4,9,12-13,17H,5-8,10-11H2,(H2,25,27)(H,29,31). The fourth-order valence-electron chi connectivity index (χ4n) is 4.28. The van der Waals surface area contributed by atoms with Gasteiger partial charge in [-0.15, -0.1) is 0 Å². The lowest BCUT2D eigenvalue weighted by Gasteiger charge is -2.30. The van der Waals surface area contributed by atoms with Gasteiger partial charge in [-0.1, -0.05) is 12.1 Å². The number of fused-ring (bicyclic) bond motifs is 1. The van der Waals surface area contributed by atoms with Gasteiger partial charge in [-0.25, -0.2) is 9.97 Å². The Morgan fingerprint density at radius 2 is 2.00 bits per heavy atom. The fourth-order valence-corrected chi connectivity index (χ4v) is 4.28. The molecule has 33 heavy (non-hydrogen) atoms. The molecule has 5 rings (SSSR count). The molecule has 166 valence electrons. The molecule has 1 unspecified atom stereocenters. The van der Waals surface area contributed by atoms with Gasteiger partial charge in [0, 0.05) is 31.0 Å². The Balaban J connectivity index is 1.40. The quantitative estimate of drug-likeness (QED) is 0.575. The van der Waals surface area contributed by atoms with Crippen LogP contribution in [0.1, 0.15) is 21.6 Å². The van der Waals surface area contributed by atoms with E-state index < -0.39 is 5.91 Å². The van der Waals surface area contributed by atoms with E-state index in [4.69, 9.17) is 23.2 Å². The highest BCUT2D eigenvalue weighted by atomic mass is 16.5. The molecule has 10 heteroatoms. The number of nitrogens with two attached hydrogens (primary N) is 1. The number of amides is 1. The van der Waals surface area contributed by atoms with Gasteiger partial charge in [0.2, 0.25) is 0 Å². The number of hydrogen-bond acceptors (Lipinski definition) is 8. The third-order valence-corrected chi connectivity index (χ3v) is 6.00. The Hall–Kier alpha value is -3.50. The maximum Gasteiger partial charge on any atom is 0.283 e. The second-order valence-electron chi connectivity index (χ2n) is 8.09. The first-order valence-corrected chi connectivity index (χ1v) is 10.8. The van der Waals surface area contributed by atoms with Crippen LogP contribution in [0.3, 0.4) is 0 Å². The largest absolute Gasteiger partial charge is 0.444 e. The van der Waals surface area contributed by atoms with Gasteiger partial charge in [-0.05, 0) is 36.1 Å². The highest BCUT2D eigenvalue weighted by molar-refractivity contribution is 6.07. The molecule has 3 N–H and O–H groups in total. The summed E-state index contributed by atoms with van der Waals surface area (Å²) in [7, 11) is 5.36. The zero-order valence-corrected chi connectivity index (χ0v) is 18.0. The van der Waals surface area contributed by atoms with Crippen LogP contribution in [0.5, 0.6) is 0 Å². The molecule has 1 saturated heterocycles. The predicted molar refractivity (Wildman–Crippen MR) is 125 cm³/mol. The van der Waals surface area contributed by atoms with Crippen LogP contribution in [0.15, 0.2) is 42.9 Å². The number of hydrogen-bond donors (Lipinski definition) is 2. The highest BCUT2D eigenvalue weighted by Crippen LogP contribution is 2.30. The first-order chi connectivity index (χ1) is 16.1. The number of carbonyl (C=O) groups is 1.